The summed E-state index contributed by atoms with van der Waals surface area (Å²) in [5, 5.41) is 12.7. The van der Waals surface area contributed by atoms with E-state index >= 15 is 0 Å². The summed E-state index contributed by atoms with van der Waals surface area (Å²) in [6, 6.07) is 0.272. The van der Waals surface area contributed by atoms with Crippen molar-refractivity contribution in [3.05, 3.63) is 12.4 Å². The van der Waals surface area contributed by atoms with Gasteiger partial charge in [0.05, 0.1) is 6.20 Å². The van der Waals surface area contributed by atoms with E-state index in [0.29, 0.717) is 19.5 Å². The van der Waals surface area contributed by atoms with Crippen molar-refractivity contribution in [1.29, 1.82) is 0 Å². The second-order valence-corrected chi connectivity index (χ2v) is 6.91. The molecule has 2 rings (SSSR count). The molecule has 1 aliphatic rings. The summed E-state index contributed by atoms with van der Waals surface area (Å²) in [6.07, 6.45) is 5.53. The molecule has 0 amide bonds. The van der Waals surface area contributed by atoms with Gasteiger partial charge in [0.2, 0.25) is 10.0 Å². The first-order valence-corrected chi connectivity index (χ1v) is 8.34. The Morgan fingerprint density at radius 1 is 1.55 bits per heavy atom. The van der Waals surface area contributed by atoms with Gasteiger partial charge in [-0.1, -0.05) is 0 Å². The average Bonchev–Trinajstić information content (AvgIpc) is 3.03. The van der Waals surface area contributed by atoms with Crippen LogP contribution in [0.5, 0.6) is 0 Å². The molecule has 0 saturated carbocycles. The minimum Gasteiger partial charge on any atom is -0.396 e. The maximum atomic E-state index is 12.2. The Bertz CT molecular complexity index is 529. The van der Waals surface area contributed by atoms with Gasteiger partial charge in [0, 0.05) is 31.9 Å². The second kappa shape index (κ2) is 6.66. The summed E-state index contributed by atoms with van der Waals surface area (Å²) in [6.45, 7) is 2.03. The van der Waals surface area contributed by atoms with Crippen LogP contribution >= 0.6 is 0 Å². The monoisotopic (exact) mass is 302 g/mol. The predicted molar refractivity (Wildman–Crippen MR) is 74.8 cm³/mol. The van der Waals surface area contributed by atoms with Gasteiger partial charge < -0.3 is 10.0 Å². The summed E-state index contributed by atoms with van der Waals surface area (Å²) in [5.74, 6) is 0. The molecule has 1 aliphatic heterocycles. The number of nitrogens with one attached hydrogen (secondary N) is 1. The van der Waals surface area contributed by atoms with Gasteiger partial charge in [0.1, 0.15) is 4.90 Å². The molecule has 1 fully saturated rings. The van der Waals surface area contributed by atoms with Crippen LogP contribution in [0.4, 0.5) is 0 Å². The minimum absolute atomic E-state index is 0.0637. The van der Waals surface area contributed by atoms with Crippen LogP contribution in [0.15, 0.2) is 17.3 Å². The van der Waals surface area contributed by atoms with Gasteiger partial charge in [0.25, 0.3) is 0 Å². The Kier molecular flexibility index (Phi) is 5.14. The van der Waals surface area contributed by atoms with E-state index in [-0.39, 0.29) is 17.5 Å². The first-order chi connectivity index (χ1) is 9.53. The highest BCUT2D eigenvalue weighted by atomic mass is 32.2. The first-order valence-electron chi connectivity index (χ1n) is 6.86. The summed E-state index contributed by atoms with van der Waals surface area (Å²) in [5.41, 5.74) is 0. The van der Waals surface area contributed by atoms with Gasteiger partial charge in [-0.2, -0.15) is 5.10 Å². The van der Waals surface area contributed by atoms with Crippen molar-refractivity contribution in [2.75, 3.05) is 26.7 Å². The van der Waals surface area contributed by atoms with Gasteiger partial charge >= 0.3 is 0 Å². The Hall–Kier alpha value is -0.960. The molecule has 1 saturated heterocycles. The fourth-order valence-corrected chi connectivity index (χ4v) is 3.39. The van der Waals surface area contributed by atoms with Crippen molar-refractivity contribution in [1.82, 2.24) is 19.4 Å². The third-order valence-corrected chi connectivity index (χ3v) is 5.02. The van der Waals surface area contributed by atoms with Crippen LogP contribution in [0.3, 0.4) is 0 Å². The summed E-state index contributed by atoms with van der Waals surface area (Å²) >= 11 is 0. The standard InChI is InChI=1S/C12H22N4O3S/c1-15-5-2-4-11(15)8-14-20(18,19)12-9-13-16(10-12)6-3-7-17/h9-11,14,17H,2-8H2,1H3. The number of likely N-dealkylation sites (tertiary alicyclic amines) is 1. The summed E-state index contributed by atoms with van der Waals surface area (Å²) < 4.78 is 28.5. The lowest BCUT2D eigenvalue weighted by molar-refractivity contribution is 0.277. The number of likely N-dealkylation sites (N-methyl/N-ethyl adjacent to an activating group) is 1. The molecular weight excluding hydrogens is 280 g/mol. The molecule has 1 atom stereocenters. The van der Waals surface area contributed by atoms with E-state index in [1.807, 2.05) is 7.05 Å². The van der Waals surface area contributed by atoms with Crippen molar-refractivity contribution < 1.29 is 13.5 Å². The van der Waals surface area contributed by atoms with E-state index in [9.17, 15) is 8.42 Å². The van der Waals surface area contributed by atoms with Crippen molar-refractivity contribution in [2.24, 2.45) is 0 Å². The highest BCUT2D eigenvalue weighted by molar-refractivity contribution is 7.89. The minimum atomic E-state index is -3.50. The number of aryl methyl sites for hydroxylation is 1. The summed E-state index contributed by atoms with van der Waals surface area (Å²) in [4.78, 5) is 2.35. The average molecular weight is 302 g/mol. The van der Waals surface area contributed by atoms with E-state index in [1.165, 1.54) is 17.1 Å². The van der Waals surface area contributed by atoms with Crippen molar-refractivity contribution in [3.63, 3.8) is 0 Å². The van der Waals surface area contributed by atoms with E-state index in [4.69, 9.17) is 5.11 Å². The Labute approximate surface area is 119 Å². The van der Waals surface area contributed by atoms with E-state index in [1.54, 1.807) is 0 Å². The number of aliphatic hydroxyl groups excluding tert-OH is 1. The predicted octanol–water partition coefficient (Wildman–Crippen LogP) is -0.362. The molecule has 2 heterocycles. The number of hydrogen-bond donors (Lipinski definition) is 2. The number of rotatable bonds is 7. The van der Waals surface area contributed by atoms with Crippen molar-refractivity contribution in [2.45, 2.75) is 36.7 Å². The van der Waals surface area contributed by atoms with E-state index in [0.717, 1.165) is 19.4 Å². The molecule has 2 N–H and O–H groups in total. The van der Waals surface area contributed by atoms with E-state index in [2.05, 4.69) is 14.7 Å². The molecule has 1 unspecified atom stereocenters. The third kappa shape index (κ3) is 3.78. The number of sulfonamides is 1. The maximum absolute atomic E-state index is 12.2. The van der Waals surface area contributed by atoms with Crippen molar-refractivity contribution in [3.8, 4) is 0 Å². The largest absolute Gasteiger partial charge is 0.396 e. The number of hydrogen-bond acceptors (Lipinski definition) is 5. The molecule has 0 spiro atoms. The molecular formula is C12H22N4O3S. The third-order valence-electron chi connectivity index (χ3n) is 3.65. The highest BCUT2D eigenvalue weighted by Gasteiger charge is 2.24. The number of nitrogens with zero attached hydrogens (tertiary/aromatic N) is 3. The normalized spacial score (nSPS) is 20.6. The van der Waals surface area contributed by atoms with Crippen LogP contribution in [-0.4, -0.2) is 61.0 Å². The molecule has 7 nitrogen and oxygen atoms in total. The molecule has 20 heavy (non-hydrogen) atoms. The molecule has 1 aromatic rings. The fourth-order valence-electron chi connectivity index (χ4n) is 2.36. The van der Waals surface area contributed by atoms with Gasteiger partial charge in [-0.15, -0.1) is 0 Å². The Morgan fingerprint density at radius 2 is 2.35 bits per heavy atom. The lowest BCUT2D eigenvalue weighted by Crippen LogP contribution is -2.38. The number of aliphatic hydroxyl groups is 1. The van der Waals surface area contributed by atoms with Crippen LogP contribution in [0, 0.1) is 0 Å². The van der Waals surface area contributed by atoms with Crippen molar-refractivity contribution >= 4 is 10.0 Å². The van der Waals surface area contributed by atoms with Crippen LogP contribution < -0.4 is 4.72 Å². The Balaban J connectivity index is 1.93. The molecule has 0 aromatic carbocycles. The highest BCUT2D eigenvalue weighted by Crippen LogP contribution is 2.15. The van der Waals surface area contributed by atoms with Gasteiger partial charge in [-0.3, -0.25) is 4.68 Å². The van der Waals surface area contributed by atoms with Crippen LogP contribution in [0.25, 0.3) is 0 Å². The molecule has 0 bridgehead atoms. The Morgan fingerprint density at radius 3 is 3.00 bits per heavy atom. The number of aromatic nitrogens is 2. The smallest absolute Gasteiger partial charge is 0.243 e. The van der Waals surface area contributed by atoms with Crippen LogP contribution in [0.2, 0.25) is 0 Å². The zero-order valence-corrected chi connectivity index (χ0v) is 12.5. The SMILES string of the molecule is CN1CCCC1CNS(=O)(=O)c1cnn(CCCO)c1. The fraction of sp³-hybridized carbons (Fsp3) is 0.750. The maximum Gasteiger partial charge on any atom is 0.243 e. The molecule has 114 valence electrons. The molecule has 0 aliphatic carbocycles. The topological polar surface area (TPSA) is 87.5 Å². The van der Waals surface area contributed by atoms with Crippen LogP contribution in [0.1, 0.15) is 19.3 Å². The second-order valence-electron chi connectivity index (χ2n) is 5.14. The lowest BCUT2D eigenvalue weighted by atomic mass is 10.2. The van der Waals surface area contributed by atoms with Gasteiger partial charge in [-0.25, -0.2) is 13.1 Å². The quantitative estimate of drug-likeness (QED) is 0.718. The molecule has 0 radical (unpaired) electrons. The zero-order valence-electron chi connectivity index (χ0n) is 11.7. The molecule has 8 heteroatoms. The zero-order chi connectivity index (χ0) is 14.6. The van der Waals surface area contributed by atoms with Gasteiger partial charge in [-0.05, 0) is 32.9 Å². The lowest BCUT2D eigenvalue weighted by Gasteiger charge is -2.19. The van der Waals surface area contributed by atoms with E-state index < -0.39 is 10.0 Å². The summed E-state index contributed by atoms with van der Waals surface area (Å²) in [7, 11) is -1.49. The first kappa shape index (κ1) is 15.4. The van der Waals surface area contributed by atoms with Gasteiger partial charge in [0.15, 0.2) is 0 Å². The van der Waals surface area contributed by atoms with Crippen LogP contribution in [-0.2, 0) is 16.6 Å². The molecule has 1 aromatic heterocycles.